The van der Waals surface area contributed by atoms with Crippen LogP contribution in [0.4, 0.5) is 10.5 Å². The second-order valence-electron chi connectivity index (χ2n) is 5.92. The fourth-order valence-corrected chi connectivity index (χ4v) is 2.98. The van der Waals surface area contributed by atoms with Crippen molar-refractivity contribution in [1.82, 2.24) is 10.6 Å². The molecule has 2 aromatic rings. The smallest absolute Gasteiger partial charge is 0.326 e. The van der Waals surface area contributed by atoms with Crippen molar-refractivity contribution in [2.45, 2.75) is 6.92 Å². The summed E-state index contributed by atoms with van der Waals surface area (Å²) in [5.41, 5.74) is 1.39. The van der Waals surface area contributed by atoms with Gasteiger partial charge in [-0.05, 0) is 42.8 Å². The Morgan fingerprint density at radius 3 is 2.48 bits per heavy atom. The van der Waals surface area contributed by atoms with E-state index in [0.29, 0.717) is 33.8 Å². The number of carbonyl (C=O) groups excluding carboxylic acids is 3. The molecular formula is C20H18BrN3O5. The lowest BCUT2D eigenvalue weighted by Gasteiger charge is -2.14. The molecule has 9 heteroatoms. The highest BCUT2D eigenvalue weighted by Gasteiger charge is 2.23. The molecule has 2 aromatic carbocycles. The molecule has 0 radical (unpaired) electrons. The maximum absolute atomic E-state index is 12.1. The molecule has 0 unspecified atom stereocenters. The van der Waals surface area contributed by atoms with E-state index in [-0.39, 0.29) is 18.2 Å². The molecule has 0 saturated carbocycles. The molecule has 3 rings (SSSR count). The quantitative estimate of drug-likeness (QED) is 0.435. The maximum atomic E-state index is 12.1. The normalized spacial score (nSPS) is 14.3. The average molecular weight is 460 g/mol. The highest BCUT2D eigenvalue weighted by molar-refractivity contribution is 9.10. The van der Waals surface area contributed by atoms with Crippen LogP contribution in [0.3, 0.4) is 0 Å². The van der Waals surface area contributed by atoms with E-state index in [0.717, 1.165) is 0 Å². The van der Waals surface area contributed by atoms with Gasteiger partial charge in [0.25, 0.3) is 11.8 Å². The third-order valence-electron chi connectivity index (χ3n) is 3.80. The van der Waals surface area contributed by atoms with Gasteiger partial charge < -0.3 is 20.1 Å². The van der Waals surface area contributed by atoms with Crippen LogP contribution in [0.2, 0.25) is 0 Å². The fourth-order valence-electron chi connectivity index (χ4n) is 2.54. The number of benzene rings is 2. The van der Waals surface area contributed by atoms with Crippen LogP contribution in [0.25, 0.3) is 6.08 Å². The first-order valence-corrected chi connectivity index (χ1v) is 9.53. The van der Waals surface area contributed by atoms with E-state index >= 15 is 0 Å². The Balaban J connectivity index is 1.75. The minimum absolute atomic E-state index is 0.119. The summed E-state index contributed by atoms with van der Waals surface area (Å²) >= 11 is 3.41. The van der Waals surface area contributed by atoms with Crippen molar-refractivity contribution >= 4 is 45.5 Å². The summed E-state index contributed by atoms with van der Waals surface area (Å²) in [6.07, 6.45) is 1.51. The molecule has 1 fully saturated rings. The number of hydrogen-bond acceptors (Lipinski definition) is 5. The average Bonchev–Trinajstić information content (AvgIpc) is 3.01. The Labute approximate surface area is 175 Å². The number of imide groups is 1. The zero-order valence-corrected chi connectivity index (χ0v) is 17.0. The van der Waals surface area contributed by atoms with Crippen LogP contribution in [-0.4, -0.2) is 31.1 Å². The van der Waals surface area contributed by atoms with Gasteiger partial charge in [0.1, 0.15) is 5.70 Å². The van der Waals surface area contributed by atoms with E-state index in [1.165, 1.54) is 6.08 Å². The third-order valence-corrected chi connectivity index (χ3v) is 4.49. The zero-order chi connectivity index (χ0) is 20.8. The van der Waals surface area contributed by atoms with Crippen molar-refractivity contribution < 1.29 is 23.9 Å². The first-order valence-electron chi connectivity index (χ1n) is 8.74. The number of ether oxygens (including phenoxy) is 2. The summed E-state index contributed by atoms with van der Waals surface area (Å²) in [5, 5.41) is 7.30. The SMILES string of the molecule is CCOc1cc(C=C2NC(=O)NC2=O)c(Br)cc1OCC(=O)Nc1ccccc1. The molecule has 0 atom stereocenters. The van der Waals surface area contributed by atoms with Crippen LogP contribution < -0.4 is 25.4 Å². The lowest BCUT2D eigenvalue weighted by Crippen LogP contribution is -2.22. The predicted octanol–water partition coefficient (Wildman–Crippen LogP) is 3.05. The van der Waals surface area contributed by atoms with E-state index in [9.17, 15) is 14.4 Å². The van der Waals surface area contributed by atoms with Crippen molar-refractivity contribution in [2.75, 3.05) is 18.5 Å². The van der Waals surface area contributed by atoms with Gasteiger partial charge in [-0.1, -0.05) is 34.1 Å². The molecule has 1 saturated heterocycles. The Bertz CT molecular complexity index is 976. The van der Waals surface area contributed by atoms with Gasteiger partial charge in [0.2, 0.25) is 0 Å². The van der Waals surface area contributed by atoms with Crippen molar-refractivity contribution in [3.63, 3.8) is 0 Å². The Kier molecular flexibility index (Phi) is 6.50. The first kappa shape index (κ1) is 20.4. The standard InChI is InChI=1S/C20H18BrN3O5/c1-2-28-16-9-12(8-15-19(26)24-20(27)23-15)14(21)10-17(16)29-11-18(25)22-13-6-4-3-5-7-13/h3-10H,2,11H2,1H3,(H,22,25)(H2,23,24,26,27). The molecule has 1 heterocycles. The molecule has 0 aliphatic carbocycles. The van der Waals surface area contributed by atoms with Gasteiger partial charge in [0, 0.05) is 10.2 Å². The van der Waals surface area contributed by atoms with E-state index in [1.54, 1.807) is 24.3 Å². The fraction of sp³-hybridized carbons (Fsp3) is 0.150. The summed E-state index contributed by atoms with van der Waals surface area (Å²) in [4.78, 5) is 35.1. The number of rotatable bonds is 7. The largest absolute Gasteiger partial charge is 0.490 e. The molecular weight excluding hydrogens is 442 g/mol. The van der Waals surface area contributed by atoms with Crippen LogP contribution in [0, 0.1) is 0 Å². The van der Waals surface area contributed by atoms with Crippen molar-refractivity contribution in [2.24, 2.45) is 0 Å². The van der Waals surface area contributed by atoms with Crippen LogP contribution in [0.1, 0.15) is 12.5 Å². The van der Waals surface area contributed by atoms with Crippen LogP contribution in [0.5, 0.6) is 11.5 Å². The number of carbonyl (C=O) groups is 3. The number of anilines is 1. The topological polar surface area (TPSA) is 106 Å². The highest BCUT2D eigenvalue weighted by Crippen LogP contribution is 2.35. The number of halogens is 1. The van der Waals surface area contributed by atoms with Gasteiger partial charge in [0.05, 0.1) is 6.61 Å². The van der Waals surface area contributed by atoms with Crippen molar-refractivity contribution in [1.29, 1.82) is 0 Å². The predicted molar refractivity (Wildman–Crippen MR) is 111 cm³/mol. The number of hydrogen-bond donors (Lipinski definition) is 3. The summed E-state index contributed by atoms with van der Waals surface area (Å²) in [6.45, 7) is 1.98. The number of urea groups is 1. The minimum atomic E-state index is -0.577. The molecule has 0 aromatic heterocycles. The highest BCUT2D eigenvalue weighted by atomic mass is 79.9. The van der Waals surface area contributed by atoms with Gasteiger partial charge in [-0.3, -0.25) is 14.9 Å². The third kappa shape index (κ3) is 5.35. The summed E-state index contributed by atoms with van der Waals surface area (Å²) < 4.78 is 11.8. The second-order valence-corrected chi connectivity index (χ2v) is 6.78. The molecule has 3 N–H and O–H groups in total. The summed E-state index contributed by atoms with van der Waals surface area (Å²) in [7, 11) is 0. The molecule has 1 aliphatic rings. The zero-order valence-electron chi connectivity index (χ0n) is 15.5. The van der Waals surface area contributed by atoms with Gasteiger partial charge in [0.15, 0.2) is 18.1 Å². The molecule has 0 bridgehead atoms. The van der Waals surface area contributed by atoms with E-state index < -0.39 is 11.9 Å². The molecule has 1 aliphatic heterocycles. The first-order chi connectivity index (χ1) is 14.0. The lowest BCUT2D eigenvalue weighted by molar-refractivity contribution is -0.118. The minimum Gasteiger partial charge on any atom is -0.490 e. The molecule has 29 heavy (non-hydrogen) atoms. The van der Waals surface area contributed by atoms with Crippen LogP contribution >= 0.6 is 15.9 Å². The van der Waals surface area contributed by atoms with Gasteiger partial charge in [-0.25, -0.2) is 4.79 Å². The molecule has 8 nitrogen and oxygen atoms in total. The van der Waals surface area contributed by atoms with E-state index in [1.807, 2.05) is 25.1 Å². The maximum Gasteiger partial charge on any atom is 0.326 e. The molecule has 4 amide bonds. The number of para-hydroxylation sites is 1. The Morgan fingerprint density at radius 2 is 1.83 bits per heavy atom. The van der Waals surface area contributed by atoms with E-state index in [4.69, 9.17) is 9.47 Å². The number of amides is 4. The molecule has 0 spiro atoms. The van der Waals surface area contributed by atoms with Crippen LogP contribution in [0.15, 0.2) is 52.6 Å². The van der Waals surface area contributed by atoms with Crippen LogP contribution in [-0.2, 0) is 9.59 Å². The second kappa shape index (κ2) is 9.24. The van der Waals surface area contributed by atoms with Gasteiger partial charge in [-0.2, -0.15) is 0 Å². The Morgan fingerprint density at radius 1 is 1.10 bits per heavy atom. The summed E-state index contributed by atoms with van der Waals surface area (Å²) in [6, 6.07) is 11.8. The van der Waals surface area contributed by atoms with Gasteiger partial charge >= 0.3 is 6.03 Å². The number of nitrogens with one attached hydrogen (secondary N) is 3. The Hall–Kier alpha value is -3.33. The lowest BCUT2D eigenvalue weighted by atomic mass is 10.1. The van der Waals surface area contributed by atoms with Gasteiger partial charge in [-0.15, -0.1) is 0 Å². The van der Waals surface area contributed by atoms with E-state index in [2.05, 4.69) is 31.9 Å². The van der Waals surface area contributed by atoms with Crippen molar-refractivity contribution in [3.8, 4) is 11.5 Å². The monoisotopic (exact) mass is 459 g/mol. The summed E-state index contributed by atoms with van der Waals surface area (Å²) in [5.74, 6) is -0.0622. The molecule has 150 valence electrons. The van der Waals surface area contributed by atoms with Crippen molar-refractivity contribution in [3.05, 3.63) is 58.2 Å².